The zero-order valence-corrected chi connectivity index (χ0v) is 14.3. The summed E-state index contributed by atoms with van der Waals surface area (Å²) in [6.07, 6.45) is 2.17. The van der Waals surface area contributed by atoms with Crippen molar-refractivity contribution in [3.05, 3.63) is 0 Å². The van der Waals surface area contributed by atoms with Crippen LogP contribution in [0.5, 0.6) is 0 Å². The van der Waals surface area contributed by atoms with Crippen LogP contribution in [0.1, 0.15) is 40.5 Å². The van der Waals surface area contributed by atoms with Crippen molar-refractivity contribution in [1.29, 1.82) is 0 Å². The lowest BCUT2D eigenvalue weighted by Gasteiger charge is -2.32. The Kier molecular flexibility index (Phi) is 6.92. The summed E-state index contributed by atoms with van der Waals surface area (Å²) in [5, 5.41) is 13.1. The summed E-state index contributed by atoms with van der Waals surface area (Å²) in [6, 6.07) is 1.10. The van der Waals surface area contributed by atoms with Gasteiger partial charge in [0.15, 0.2) is 0 Å². The van der Waals surface area contributed by atoms with Gasteiger partial charge in [0.05, 0.1) is 6.61 Å². The molecule has 0 bridgehead atoms. The first-order valence-electron chi connectivity index (χ1n) is 8.05. The van der Waals surface area contributed by atoms with Crippen LogP contribution in [0.2, 0.25) is 0 Å². The molecule has 0 aromatic rings. The Morgan fingerprint density at radius 1 is 1.35 bits per heavy atom. The molecule has 4 nitrogen and oxygen atoms in total. The molecule has 0 amide bonds. The molecule has 20 heavy (non-hydrogen) atoms. The van der Waals surface area contributed by atoms with Gasteiger partial charge < -0.3 is 20.2 Å². The molecule has 1 aliphatic heterocycles. The molecule has 3 unspecified atom stereocenters. The molecule has 1 heterocycles. The number of hydrogen-bond acceptors (Lipinski definition) is 4. The van der Waals surface area contributed by atoms with Gasteiger partial charge in [-0.1, -0.05) is 20.8 Å². The second-order valence-corrected chi connectivity index (χ2v) is 7.39. The fourth-order valence-electron chi connectivity index (χ4n) is 3.49. The van der Waals surface area contributed by atoms with Crippen molar-refractivity contribution in [3.8, 4) is 0 Å². The van der Waals surface area contributed by atoms with Gasteiger partial charge in [0, 0.05) is 30.7 Å². The molecule has 1 rings (SSSR count). The average Bonchev–Trinajstić information content (AvgIpc) is 2.69. The van der Waals surface area contributed by atoms with Crippen molar-refractivity contribution >= 4 is 0 Å². The molecule has 3 atom stereocenters. The number of rotatable bonds is 8. The minimum Gasteiger partial charge on any atom is -0.394 e. The van der Waals surface area contributed by atoms with Crippen molar-refractivity contribution in [1.82, 2.24) is 15.1 Å². The Balaban J connectivity index is 2.34. The van der Waals surface area contributed by atoms with Crippen LogP contribution in [0.3, 0.4) is 0 Å². The van der Waals surface area contributed by atoms with Crippen LogP contribution in [0, 0.1) is 5.92 Å². The molecular weight excluding hydrogens is 250 g/mol. The summed E-state index contributed by atoms with van der Waals surface area (Å²) in [5.74, 6) is 0.753. The Bertz CT molecular complexity index is 283. The topological polar surface area (TPSA) is 38.7 Å². The maximum Gasteiger partial charge on any atom is 0.0610 e. The number of hydrogen-bond donors (Lipinski definition) is 2. The van der Waals surface area contributed by atoms with Gasteiger partial charge in [-0.3, -0.25) is 0 Å². The molecule has 0 radical (unpaired) electrons. The van der Waals surface area contributed by atoms with Crippen molar-refractivity contribution in [2.45, 2.75) is 58.2 Å². The predicted molar refractivity (Wildman–Crippen MR) is 86.1 cm³/mol. The predicted octanol–water partition coefficient (Wildman–Crippen LogP) is 1.40. The lowest BCUT2D eigenvalue weighted by molar-refractivity contribution is 0.149. The highest BCUT2D eigenvalue weighted by Gasteiger charge is 2.31. The van der Waals surface area contributed by atoms with Crippen LogP contribution in [-0.2, 0) is 0 Å². The summed E-state index contributed by atoms with van der Waals surface area (Å²) in [4.78, 5) is 4.92. The molecule has 0 saturated carbocycles. The Morgan fingerprint density at radius 3 is 2.45 bits per heavy atom. The van der Waals surface area contributed by atoms with Crippen molar-refractivity contribution in [2.24, 2.45) is 5.92 Å². The van der Waals surface area contributed by atoms with E-state index in [4.69, 9.17) is 0 Å². The minimum atomic E-state index is -0.138. The number of likely N-dealkylation sites (N-methyl/N-ethyl adjacent to an activating group) is 1. The van der Waals surface area contributed by atoms with Crippen molar-refractivity contribution in [3.63, 3.8) is 0 Å². The van der Waals surface area contributed by atoms with Crippen molar-refractivity contribution in [2.75, 3.05) is 40.3 Å². The van der Waals surface area contributed by atoms with E-state index in [0.717, 1.165) is 25.3 Å². The minimum absolute atomic E-state index is 0.138. The fourth-order valence-corrected chi connectivity index (χ4v) is 3.49. The number of likely N-dealkylation sites (tertiary alicyclic amines) is 1. The summed E-state index contributed by atoms with van der Waals surface area (Å²) in [5.41, 5.74) is -0.138. The highest BCUT2D eigenvalue weighted by molar-refractivity contribution is 4.88. The first-order valence-corrected chi connectivity index (χ1v) is 8.05. The van der Waals surface area contributed by atoms with E-state index in [2.05, 4.69) is 56.9 Å². The Hall–Kier alpha value is -0.160. The van der Waals surface area contributed by atoms with Crippen LogP contribution in [0.4, 0.5) is 0 Å². The van der Waals surface area contributed by atoms with Gasteiger partial charge in [-0.2, -0.15) is 0 Å². The Morgan fingerprint density at radius 2 is 2.00 bits per heavy atom. The summed E-state index contributed by atoms with van der Waals surface area (Å²) >= 11 is 0. The SMILES string of the molecule is CC(C)NC(C)(CO)CCCN1CC(C)C(N(C)C)C1. The largest absolute Gasteiger partial charge is 0.394 e. The average molecular weight is 285 g/mol. The first-order chi connectivity index (χ1) is 9.27. The van der Waals surface area contributed by atoms with Crippen LogP contribution in [0.15, 0.2) is 0 Å². The number of nitrogens with zero attached hydrogens (tertiary/aromatic N) is 2. The molecule has 1 fully saturated rings. The van der Waals surface area contributed by atoms with Gasteiger partial charge in [-0.15, -0.1) is 0 Å². The molecule has 0 aromatic heterocycles. The quantitative estimate of drug-likeness (QED) is 0.707. The van der Waals surface area contributed by atoms with E-state index < -0.39 is 0 Å². The maximum absolute atomic E-state index is 9.60. The fraction of sp³-hybridized carbons (Fsp3) is 1.00. The molecule has 0 aromatic carbocycles. The smallest absolute Gasteiger partial charge is 0.0610 e. The molecule has 1 aliphatic rings. The summed E-state index contributed by atoms with van der Waals surface area (Å²) < 4.78 is 0. The second-order valence-electron chi connectivity index (χ2n) is 7.39. The standard InChI is InChI=1S/C16H35N3O/c1-13(2)17-16(4,12-20)8-7-9-19-10-14(3)15(11-19)18(5)6/h13-15,17,20H,7-12H2,1-6H3. The second kappa shape index (κ2) is 7.74. The van der Waals surface area contributed by atoms with E-state index in [9.17, 15) is 5.11 Å². The molecule has 1 saturated heterocycles. The number of aliphatic hydroxyl groups is 1. The van der Waals surface area contributed by atoms with E-state index in [1.807, 2.05) is 0 Å². The normalized spacial score (nSPS) is 27.4. The number of nitrogens with one attached hydrogen (secondary N) is 1. The molecule has 120 valence electrons. The van der Waals surface area contributed by atoms with E-state index in [1.165, 1.54) is 13.1 Å². The van der Waals surface area contributed by atoms with E-state index in [1.54, 1.807) is 0 Å². The highest BCUT2D eigenvalue weighted by Crippen LogP contribution is 2.21. The Labute approximate surface area is 125 Å². The van der Waals surface area contributed by atoms with Gasteiger partial charge in [0.25, 0.3) is 0 Å². The molecular formula is C16H35N3O. The lowest BCUT2D eigenvalue weighted by atomic mass is 9.95. The van der Waals surface area contributed by atoms with Gasteiger partial charge in [-0.05, 0) is 46.3 Å². The zero-order chi connectivity index (χ0) is 15.3. The van der Waals surface area contributed by atoms with E-state index >= 15 is 0 Å². The first kappa shape index (κ1) is 17.9. The van der Waals surface area contributed by atoms with E-state index in [-0.39, 0.29) is 12.1 Å². The third-order valence-corrected chi connectivity index (χ3v) is 4.50. The van der Waals surface area contributed by atoms with Gasteiger partial charge in [-0.25, -0.2) is 0 Å². The maximum atomic E-state index is 9.60. The van der Waals surface area contributed by atoms with Crippen molar-refractivity contribution < 1.29 is 5.11 Å². The van der Waals surface area contributed by atoms with Crippen LogP contribution in [-0.4, -0.2) is 72.9 Å². The van der Waals surface area contributed by atoms with Gasteiger partial charge >= 0.3 is 0 Å². The molecule has 2 N–H and O–H groups in total. The van der Waals surface area contributed by atoms with Gasteiger partial charge in [0.1, 0.15) is 0 Å². The van der Waals surface area contributed by atoms with Crippen LogP contribution >= 0.6 is 0 Å². The molecule has 4 heteroatoms. The lowest BCUT2D eigenvalue weighted by Crippen LogP contribution is -2.49. The highest BCUT2D eigenvalue weighted by atomic mass is 16.3. The van der Waals surface area contributed by atoms with Crippen LogP contribution < -0.4 is 5.32 Å². The summed E-state index contributed by atoms with van der Waals surface area (Å²) in [6.45, 7) is 12.5. The zero-order valence-electron chi connectivity index (χ0n) is 14.3. The molecule has 0 spiro atoms. The third kappa shape index (κ3) is 5.32. The number of aliphatic hydroxyl groups excluding tert-OH is 1. The third-order valence-electron chi connectivity index (χ3n) is 4.50. The van der Waals surface area contributed by atoms with Crippen LogP contribution in [0.25, 0.3) is 0 Å². The molecule has 0 aliphatic carbocycles. The van der Waals surface area contributed by atoms with Gasteiger partial charge in [0.2, 0.25) is 0 Å². The van der Waals surface area contributed by atoms with E-state index in [0.29, 0.717) is 12.1 Å². The monoisotopic (exact) mass is 285 g/mol. The summed E-state index contributed by atoms with van der Waals surface area (Å²) in [7, 11) is 4.36.